The van der Waals surface area contributed by atoms with Gasteiger partial charge in [0.25, 0.3) is 0 Å². The van der Waals surface area contributed by atoms with Crippen LogP contribution in [-0.4, -0.2) is 49.6 Å². The molecule has 0 atom stereocenters. The molecule has 4 rings (SSSR count). The van der Waals surface area contributed by atoms with Crippen LogP contribution in [0.4, 0.5) is 14.6 Å². The van der Waals surface area contributed by atoms with Crippen molar-refractivity contribution in [1.82, 2.24) is 35.0 Å². The van der Waals surface area contributed by atoms with Crippen LogP contribution in [0.15, 0.2) is 42.9 Å². The Labute approximate surface area is 176 Å². The van der Waals surface area contributed by atoms with Gasteiger partial charge in [0.15, 0.2) is 5.82 Å². The Balaban J connectivity index is 1.72. The van der Waals surface area contributed by atoms with Gasteiger partial charge in [0.05, 0.1) is 0 Å². The fraction of sp³-hybridized carbons (Fsp3) is 0.211. The zero-order chi connectivity index (χ0) is 21.3. The fourth-order valence-electron chi connectivity index (χ4n) is 2.92. The molecule has 0 fully saturated rings. The zero-order valence-electron chi connectivity index (χ0n) is 16.4. The third-order valence-electron chi connectivity index (χ3n) is 4.53. The number of aryl methyl sites for hydroxylation is 1. The van der Waals surface area contributed by atoms with E-state index in [-0.39, 0.29) is 17.3 Å². The predicted molar refractivity (Wildman–Crippen MR) is 110 cm³/mol. The van der Waals surface area contributed by atoms with Crippen molar-refractivity contribution in [2.24, 2.45) is 0 Å². The first-order valence-corrected chi connectivity index (χ1v) is 14.2. The Morgan fingerprint density at radius 3 is 2.77 bits per heavy atom. The van der Waals surface area contributed by atoms with E-state index in [1.165, 1.54) is 12.1 Å². The standard InChI is InChI=1S/C19H19AsF2N8/c1-20(2)6-7-29-11-13(10-25-29)12-8-14(18(23)24-9-12)19-26-27-28-30(19)16-5-3-4-15(21)17(16)22/h3-5,8-11H,6-7H2,1-2H3,(H2,23,24). The maximum absolute atomic E-state index is 14.3. The summed E-state index contributed by atoms with van der Waals surface area (Å²) in [5, 5.41) is 16.9. The van der Waals surface area contributed by atoms with Crippen molar-refractivity contribution >= 4 is 20.5 Å². The first-order chi connectivity index (χ1) is 14.4. The summed E-state index contributed by atoms with van der Waals surface area (Å²) in [5.74, 6) is -1.72. The number of hydrogen-bond donors (Lipinski definition) is 1. The second-order valence-electron chi connectivity index (χ2n) is 6.94. The number of nitrogen functional groups attached to an aromatic ring is 1. The number of halogens is 2. The second kappa shape index (κ2) is 8.31. The summed E-state index contributed by atoms with van der Waals surface area (Å²) in [4.78, 5) is 4.24. The molecular weight excluding hydrogens is 453 g/mol. The van der Waals surface area contributed by atoms with Gasteiger partial charge in [-0.3, -0.25) is 0 Å². The average molecular weight is 472 g/mol. The van der Waals surface area contributed by atoms with E-state index in [4.69, 9.17) is 5.73 Å². The monoisotopic (exact) mass is 472 g/mol. The molecule has 0 spiro atoms. The molecule has 0 saturated carbocycles. The van der Waals surface area contributed by atoms with Gasteiger partial charge in [0.2, 0.25) is 0 Å². The van der Waals surface area contributed by atoms with Crippen molar-refractivity contribution in [2.75, 3.05) is 5.73 Å². The Morgan fingerprint density at radius 2 is 1.97 bits per heavy atom. The minimum atomic E-state index is -1.05. The van der Waals surface area contributed by atoms with Gasteiger partial charge in [-0.15, -0.1) is 0 Å². The van der Waals surface area contributed by atoms with Crippen LogP contribution in [0.1, 0.15) is 0 Å². The fourth-order valence-corrected chi connectivity index (χ4v) is 4.19. The molecule has 154 valence electrons. The molecule has 0 unspecified atom stereocenters. The molecule has 1 aromatic carbocycles. The predicted octanol–water partition coefficient (Wildman–Crippen LogP) is 3.20. The van der Waals surface area contributed by atoms with E-state index in [0.717, 1.165) is 33.6 Å². The summed E-state index contributed by atoms with van der Waals surface area (Å²) in [5.41, 5.74) is 12.6. The van der Waals surface area contributed by atoms with Gasteiger partial charge < -0.3 is 0 Å². The number of rotatable bonds is 6. The van der Waals surface area contributed by atoms with E-state index in [1.807, 2.05) is 10.9 Å². The van der Waals surface area contributed by atoms with Crippen LogP contribution in [0, 0.1) is 11.6 Å². The van der Waals surface area contributed by atoms with Crippen LogP contribution in [0.2, 0.25) is 16.6 Å². The van der Waals surface area contributed by atoms with Gasteiger partial charge >= 0.3 is 149 Å². The molecule has 0 bridgehead atoms. The van der Waals surface area contributed by atoms with E-state index < -0.39 is 26.3 Å². The molecule has 0 amide bonds. The van der Waals surface area contributed by atoms with Crippen LogP contribution in [0.3, 0.4) is 0 Å². The van der Waals surface area contributed by atoms with Gasteiger partial charge in [0, 0.05) is 0 Å². The molecule has 8 nitrogen and oxygen atoms in total. The molecule has 4 aromatic rings. The third-order valence-corrected chi connectivity index (χ3v) is 6.83. The molecule has 0 saturated heterocycles. The number of aromatic nitrogens is 7. The van der Waals surface area contributed by atoms with Gasteiger partial charge in [-0.2, -0.15) is 0 Å². The quantitative estimate of drug-likeness (QED) is 0.433. The number of hydrogen-bond acceptors (Lipinski definition) is 6. The van der Waals surface area contributed by atoms with Gasteiger partial charge in [-0.25, -0.2) is 8.78 Å². The Hall–Kier alpha value is -3.13. The molecule has 3 aromatic heterocycles. The van der Waals surface area contributed by atoms with Gasteiger partial charge in [-0.1, -0.05) is 6.07 Å². The summed E-state index contributed by atoms with van der Waals surface area (Å²) in [6, 6.07) is 5.56. The van der Waals surface area contributed by atoms with E-state index in [1.54, 1.807) is 18.5 Å². The van der Waals surface area contributed by atoms with Gasteiger partial charge in [0.1, 0.15) is 0 Å². The molecule has 0 aliphatic rings. The minimum absolute atomic E-state index is 0.120. The van der Waals surface area contributed by atoms with Gasteiger partial charge in [-0.05, 0) is 6.07 Å². The van der Waals surface area contributed by atoms with Crippen molar-refractivity contribution in [3.05, 3.63) is 54.5 Å². The zero-order valence-corrected chi connectivity index (χ0v) is 18.2. The Bertz CT molecular complexity index is 1190. The average Bonchev–Trinajstić information content (AvgIpc) is 3.39. The van der Waals surface area contributed by atoms with Crippen LogP contribution in [0.5, 0.6) is 0 Å². The topological polar surface area (TPSA) is 100 Å². The number of tetrazole rings is 1. The molecular formula is C19H19AsF2N8. The number of anilines is 1. The second-order valence-corrected chi connectivity index (χ2v) is 12.4. The molecule has 30 heavy (non-hydrogen) atoms. The number of nitrogens with zero attached hydrogens (tertiary/aromatic N) is 7. The van der Waals surface area contributed by atoms with Crippen LogP contribution in [-0.2, 0) is 6.54 Å². The van der Waals surface area contributed by atoms with Crippen LogP contribution >= 0.6 is 0 Å². The molecule has 3 heterocycles. The molecule has 11 heteroatoms. The van der Waals surface area contributed by atoms with Crippen molar-refractivity contribution in [1.29, 1.82) is 0 Å². The Morgan fingerprint density at radius 1 is 1.13 bits per heavy atom. The van der Waals surface area contributed by atoms with Crippen molar-refractivity contribution in [3.63, 3.8) is 0 Å². The molecule has 0 aliphatic carbocycles. The number of benzene rings is 1. The summed E-state index contributed by atoms with van der Waals surface area (Å²) in [7, 11) is 0. The van der Waals surface area contributed by atoms with Crippen LogP contribution in [0.25, 0.3) is 28.2 Å². The molecule has 2 N–H and O–H groups in total. The maximum atomic E-state index is 14.3. The van der Waals surface area contributed by atoms with E-state index in [0.29, 0.717) is 5.56 Å². The van der Waals surface area contributed by atoms with E-state index in [2.05, 4.69) is 37.0 Å². The summed E-state index contributed by atoms with van der Waals surface area (Å²) < 4.78 is 31.0. The first-order valence-electron chi connectivity index (χ1n) is 9.10. The normalized spacial score (nSPS) is 11.4. The summed E-state index contributed by atoms with van der Waals surface area (Å²) >= 11 is -0.731. The van der Waals surface area contributed by atoms with Crippen molar-refractivity contribution in [2.45, 2.75) is 23.2 Å². The Kier molecular flexibility index (Phi) is 5.58. The van der Waals surface area contributed by atoms with Crippen molar-refractivity contribution in [3.8, 4) is 28.2 Å². The SMILES string of the molecule is C[As](C)CCn1cc(-c2cnc(N)c(-c3nnnn3-c3cccc(F)c3F)c2)cn1. The summed E-state index contributed by atoms with van der Waals surface area (Å²) in [6.45, 7) is 0.874. The third kappa shape index (κ3) is 3.95. The molecule has 0 radical (unpaired) electrons. The van der Waals surface area contributed by atoms with Crippen LogP contribution < -0.4 is 5.73 Å². The number of nitrogens with two attached hydrogens (primary N) is 1. The van der Waals surface area contributed by atoms with Crippen molar-refractivity contribution < 1.29 is 8.78 Å². The first kappa shape index (κ1) is 20.2. The molecule has 0 aliphatic heterocycles. The summed E-state index contributed by atoms with van der Waals surface area (Å²) in [6.07, 6.45) is 5.34. The van der Waals surface area contributed by atoms with E-state index >= 15 is 0 Å². The number of pyridine rings is 1. The van der Waals surface area contributed by atoms with E-state index in [9.17, 15) is 8.78 Å².